The summed E-state index contributed by atoms with van der Waals surface area (Å²) in [6.07, 6.45) is 3.25. The molecule has 1 aliphatic carbocycles. The fraction of sp³-hybridized carbons (Fsp3) is 0.500. The third-order valence-electron chi connectivity index (χ3n) is 3.48. The van der Waals surface area contributed by atoms with Crippen LogP contribution in [0.3, 0.4) is 0 Å². The smallest absolute Gasteiger partial charge is 0.319 e. The predicted molar refractivity (Wildman–Crippen MR) is 76.4 cm³/mol. The lowest BCUT2D eigenvalue weighted by molar-refractivity contribution is 0.101. The Labute approximate surface area is 122 Å². The average molecular weight is 301 g/mol. The van der Waals surface area contributed by atoms with Gasteiger partial charge in [-0.1, -0.05) is 18.0 Å². The predicted octanol–water partition coefficient (Wildman–Crippen LogP) is 3.15. The van der Waals surface area contributed by atoms with Crippen molar-refractivity contribution < 1.29 is 14.3 Å². The molecule has 1 fully saturated rings. The number of anilines is 1. The molecule has 0 heterocycles. The van der Waals surface area contributed by atoms with Crippen molar-refractivity contribution >= 4 is 23.3 Å². The first-order valence-electron chi connectivity index (χ1n) is 6.72. The molecule has 0 aromatic heterocycles. The topological polar surface area (TPSA) is 61.4 Å². The van der Waals surface area contributed by atoms with E-state index in [4.69, 9.17) is 11.6 Å². The number of benzene rings is 1. The minimum Gasteiger partial charge on any atom is -0.393 e. The zero-order chi connectivity index (χ0) is 14.5. The van der Waals surface area contributed by atoms with E-state index in [-0.39, 0.29) is 22.7 Å². The first kappa shape index (κ1) is 15.1. The summed E-state index contributed by atoms with van der Waals surface area (Å²) < 4.78 is 13.1. The molecule has 110 valence electrons. The zero-order valence-electron chi connectivity index (χ0n) is 11.0. The molecule has 2 amide bonds. The maximum absolute atomic E-state index is 13.1. The Morgan fingerprint density at radius 2 is 2.25 bits per heavy atom. The summed E-state index contributed by atoms with van der Waals surface area (Å²) in [5, 5.41) is 15.1. The van der Waals surface area contributed by atoms with E-state index in [2.05, 4.69) is 10.6 Å². The molecule has 2 rings (SSSR count). The molecule has 0 radical (unpaired) electrons. The van der Waals surface area contributed by atoms with Gasteiger partial charge in [0.2, 0.25) is 0 Å². The molecular formula is C14H18ClFN2O2. The molecule has 1 aromatic rings. The second kappa shape index (κ2) is 6.90. The average Bonchev–Trinajstić information content (AvgIpc) is 2.41. The molecular weight excluding hydrogens is 283 g/mol. The van der Waals surface area contributed by atoms with Gasteiger partial charge in [0.15, 0.2) is 0 Å². The summed E-state index contributed by atoms with van der Waals surface area (Å²) in [6.45, 7) is 0.496. The van der Waals surface area contributed by atoms with Crippen LogP contribution < -0.4 is 10.6 Å². The van der Waals surface area contributed by atoms with Crippen molar-refractivity contribution in [2.45, 2.75) is 31.8 Å². The maximum atomic E-state index is 13.1. The van der Waals surface area contributed by atoms with E-state index in [0.29, 0.717) is 13.0 Å². The van der Waals surface area contributed by atoms with Crippen molar-refractivity contribution in [1.82, 2.24) is 5.32 Å². The molecule has 0 bridgehead atoms. The molecule has 2 atom stereocenters. The zero-order valence-corrected chi connectivity index (χ0v) is 11.8. The number of carbonyl (C=O) groups is 1. The van der Waals surface area contributed by atoms with E-state index >= 15 is 0 Å². The summed E-state index contributed by atoms with van der Waals surface area (Å²) in [5.74, 6) is -0.174. The highest BCUT2D eigenvalue weighted by Crippen LogP contribution is 2.24. The van der Waals surface area contributed by atoms with Crippen LogP contribution in [0.1, 0.15) is 25.7 Å². The largest absolute Gasteiger partial charge is 0.393 e. The van der Waals surface area contributed by atoms with Crippen molar-refractivity contribution in [2.75, 3.05) is 11.9 Å². The van der Waals surface area contributed by atoms with Crippen LogP contribution >= 0.6 is 11.6 Å². The number of rotatable bonds is 3. The van der Waals surface area contributed by atoms with Gasteiger partial charge in [-0.15, -0.1) is 0 Å². The van der Waals surface area contributed by atoms with Crippen molar-refractivity contribution in [1.29, 1.82) is 0 Å². The number of urea groups is 1. The normalized spacial score (nSPS) is 22.4. The Kier molecular flexibility index (Phi) is 5.20. The van der Waals surface area contributed by atoms with Crippen LogP contribution in [0.4, 0.5) is 14.9 Å². The third kappa shape index (κ3) is 4.35. The Bertz CT molecular complexity index is 484. The van der Waals surface area contributed by atoms with Gasteiger partial charge in [-0.05, 0) is 43.4 Å². The Morgan fingerprint density at radius 1 is 1.45 bits per heavy atom. The molecule has 0 saturated heterocycles. The fourth-order valence-electron chi connectivity index (χ4n) is 2.44. The van der Waals surface area contributed by atoms with E-state index in [1.165, 1.54) is 18.2 Å². The summed E-state index contributed by atoms with van der Waals surface area (Å²) in [4.78, 5) is 11.7. The molecule has 0 spiro atoms. The molecule has 2 unspecified atom stereocenters. The highest BCUT2D eigenvalue weighted by atomic mass is 35.5. The number of aliphatic hydroxyl groups is 1. The van der Waals surface area contributed by atoms with Gasteiger partial charge < -0.3 is 15.7 Å². The number of hydrogen-bond acceptors (Lipinski definition) is 2. The minimum absolute atomic E-state index is 0.243. The first-order valence-corrected chi connectivity index (χ1v) is 7.10. The van der Waals surface area contributed by atoms with Crippen LogP contribution in [0.2, 0.25) is 5.02 Å². The van der Waals surface area contributed by atoms with Gasteiger partial charge in [0.05, 0.1) is 16.8 Å². The Hall–Kier alpha value is -1.33. The summed E-state index contributed by atoms with van der Waals surface area (Å²) in [6, 6.07) is 3.38. The van der Waals surface area contributed by atoms with Gasteiger partial charge in [0.1, 0.15) is 5.82 Å². The highest BCUT2D eigenvalue weighted by molar-refractivity contribution is 6.33. The van der Waals surface area contributed by atoms with Crippen LogP contribution in [0, 0.1) is 11.7 Å². The SMILES string of the molecule is O=C(NCC1CCCC(O)C1)Nc1cc(F)ccc1Cl. The number of nitrogens with one attached hydrogen (secondary N) is 2. The van der Waals surface area contributed by atoms with Crippen molar-refractivity contribution in [3.05, 3.63) is 29.0 Å². The van der Waals surface area contributed by atoms with Gasteiger partial charge in [0, 0.05) is 6.54 Å². The molecule has 1 aromatic carbocycles. The second-order valence-electron chi connectivity index (χ2n) is 5.15. The van der Waals surface area contributed by atoms with Gasteiger partial charge >= 0.3 is 6.03 Å². The van der Waals surface area contributed by atoms with Gasteiger partial charge in [-0.2, -0.15) is 0 Å². The number of amides is 2. The van der Waals surface area contributed by atoms with Crippen molar-refractivity contribution in [3.8, 4) is 0 Å². The van der Waals surface area contributed by atoms with Gasteiger partial charge in [-0.3, -0.25) is 0 Å². The van der Waals surface area contributed by atoms with E-state index in [9.17, 15) is 14.3 Å². The van der Waals surface area contributed by atoms with Crippen LogP contribution in [-0.4, -0.2) is 23.8 Å². The van der Waals surface area contributed by atoms with E-state index < -0.39 is 11.8 Å². The van der Waals surface area contributed by atoms with Crippen molar-refractivity contribution in [2.24, 2.45) is 5.92 Å². The third-order valence-corrected chi connectivity index (χ3v) is 3.81. The van der Waals surface area contributed by atoms with E-state index in [0.717, 1.165) is 19.3 Å². The fourth-order valence-corrected chi connectivity index (χ4v) is 2.61. The Morgan fingerprint density at radius 3 is 3.00 bits per heavy atom. The molecule has 1 aliphatic rings. The first-order chi connectivity index (χ1) is 9.54. The van der Waals surface area contributed by atoms with Crippen molar-refractivity contribution in [3.63, 3.8) is 0 Å². The standard InChI is InChI=1S/C14H18ClFN2O2/c15-12-5-4-10(16)7-13(12)18-14(20)17-8-9-2-1-3-11(19)6-9/h4-5,7,9,11,19H,1-3,6,8H2,(H2,17,18,20). The van der Waals surface area contributed by atoms with Crippen LogP contribution in [0.5, 0.6) is 0 Å². The lowest BCUT2D eigenvalue weighted by atomic mass is 9.87. The molecule has 20 heavy (non-hydrogen) atoms. The number of carbonyl (C=O) groups excluding carboxylic acids is 1. The number of hydrogen-bond donors (Lipinski definition) is 3. The van der Waals surface area contributed by atoms with Crippen LogP contribution in [0.15, 0.2) is 18.2 Å². The monoisotopic (exact) mass is 300 g/mol. The highest BCUT2D eigenvalue weighted by Gasteiger charge is 2.20. The number of halogens is 2. The van der Waals surface area contributed by atoms with Gasteiger partial charge in [0.25, 0.3) is 0 Å². The minimum atomic E-state index is -0.458. The summed E-state index contributed by atoms with van der Waals surface area (Å²) >= 11 is 5.87. The van der Waals surface area contributed by atoms with Crippen LogP contribution in [-0.2, 0) is 0 Å². The molecule has 0 aliphatic heterocycles. The Balaban J connectivity index is 1.82. The lowest BCUT2D eigenvalue weighted by Gasteiger charge is -2.25. The lowest BCUT2D eigenvalue weighted by Crippen LogP contribution is -2.35. The molecule has 4 nitrogen and oxygen atoms in total. The molecule has 1 saturated carbocycles. The van der Waals surface area contributed by atoms with Crippen LogP contribution in [0.25, 0.3) is 0 Å². The molecule has 6 heteroatoms. The second-order valence-corrected chi connectivity index (χ2v) is 5.55. The quantitative estimate of drug-likeness (QED) is 0.803. The number of aliphatic hydroxyl groups excluding tert-OH is 1. The van der Waals surface area contributed by atoms with E-state index in [1.807, 2.05) is 0 Å². The maximum Gasteiger partial charge on any atom is 0.319 e. The summed E-state index contributed by atoms with van der Waals surface area (Å²) in [7, 11) is 0. The van der Waals surface area contributed by atoms with Gasteiger partial charge in [-0.25, -0.2) is 9.18 Å². The summed E-state index contributed by atoms with van der Waals surface area (Å²) in [5.41, 5.74) is 0.243. The van der Waals surface area contributed by atoms with E-state index in [1.54, 1.807) is 0 Å². The molecule has 3 N–H and O–H groups in total.